The highest BCUT2D eigenvalue weighted by Crippen LogP contribution is 2.12. The summed E-state index contributed by atoms with van der Waals surface area (Å²) in [6.07, 6.45) is 2.63. The van der Waals surface area contributed by atoms with Crippen molar-refractivity contribution >= 4 is 16.3 Å². The second-order valence-electron chi connectivity index (χ2n) is 4.57. The first-order valence-electron chi connectivity index (χ1n) is 6.62. The molecule has 0 aliphatic rings. The molecule has 110 valence electrons. The Morgan fingerprint density at radius 1 is 1.38 bits per heavy atom. The van der Waals surface area contributed by atoms with Crippen molar-refractivity contribution in [1.82, 2.24) is 34.9 Å². The van der Waals surface area contributed by atoms with Gasteiger partial charge >= 0.3 is 0 Å². The van der Waals surface area contributed by atoms with Crippen LogP contribution in [0, 0.1) is 0 Å². The first-order valence-corrected chi connectivity index (χ1v) is 7.43. The first kappa shape index (κ1) is 13.8. The van der Waals surface area contributed by atoms with Crippen LogP contribution in [0.2, 0.25) is 0 Å². The van der Waals surface area contributed by atoms with Crippen LogP contribution < -0.4 is 10.9 Å². The summed E-state index contributed by atoms with van der Waals surface area (Å²) < 4.78 is 3.02. The Balaban J connectivity index is 1.91. The fraction of sp³-hybridized carbons (Fsp3) is 0.417. The van der Waals surface area contributed by atoms with Crippen molar-refractivity contribution in [2.45, 2.75) is 26.4 Å². The molecule has 0 saturated heterocycles. The summed E-state index contributed by atoms with van der Waals surface area (Å²) in [5, 5.41) is 16.2. The Morgan fingerprint density at radius 3 is 3.00 bits per heavy atom. The lowest BCUT2D eigenvalue weighted by Gasteiger charge is -1.99. The van der Waals surface area contributed by atoms with Gasteiger partial charge in [0.2, 0.25) is 4.96 Å². The van der Waals surface area contributed by atoms with E-state index in [1.807, 2.05) is 20.2 Å². The van der Waals surface area contributed by atoms with E-state index in [0.29, 0.717) is 23.7 Å². The molecule has 3 aromatic heterocycles. The van der Waals surface area contributed by atoms with E-state index in [2.05, 4.69) is 25.7 Å². The fourth-order valence-corrected chi connectivity index (χ4v) is 2.82. The zero-order valence-corrected chi connectivity index (χ0v) is 12.6. The first-order chi connectivity index (χ1) is 10.2. The zero-order valence-electron chi connectivity index (χ0n) is 11.8. The predicted molar refractivity (Wildman–Crippen MR) is 78.4 cm³/mol. The molecule has 3 heterocycles. The topological polar surface area (TPSA) is 90.0 Å². The van der Waals surface area contributed by atoms with Crippen LogP contribution in [0.4, 0.5) is 0 Å². The van der Waals surface area contributed by atoms with Gasteiger partial charge in [0.05, 0.1) is 24.1 Å². The Labute approximate surface area is 124 Å². The standard InChI is InChI=1S/C12H15N7OS/c1-3-10-16-19-11(20)4-8(14-12(19)21-10)6-18-7-9(5-13-2)15-17-18/h4,7,13H,3,5-6H2,1-2H3. The maximum atomic E-state index is 12.0. The molecule has 3 rings (SSSR count). The van der Waals surface area contributed by atoms with Gasteiger partial charge in [-0.05, 0) is 13.5 Å². The highest BCUT2D eigenvalue weighted by Gasteiger charge is 2.09. The minimum Gasteiger partial charge on any atom is -0.314 e. The van der Waals surface area contributed by atoms with Crippen molar-refractivity contribution in [2.24, 2.45) is 0 Å². The summed E-state index contributed by atoms with van der Waals surface area (Å²) in [7, 11) is 1.85. The second kappa shape index (κ2) is 5.70. The van der Waals surface area contributed by atoms with Gasteiger partial charge in [0, 0.05) is 12.6 Å². The molecule has 0 amide bonds. The molecule has 0 aliphatic carbocycles. The average Bonchev–Trinajstić information content (AvgIpc) is 3.06. The highest BCUT2D eigenvalue weighted by molar-refractivity contribution is 7.16. The molecule has 0 saturated carbocycles. The molecule has 0 aromatic carbocycles. The van der Waals surface area contributed by atoms with E-state index >= 15 is 0 Å². The largest absolute Gasteiger partial charge is 0.314 e. The number of aryl methyl sites for hydroxylation is 1. The van der Waals surface area contributed by atoms with E-state index in [-0.39, 0.29) is 5.56 Å². The molecule has 1 N–H and O–H groups in total. The van der Waals surface area contributed by atoms with Crippen LogP contribution in [0.3, 0.4) is 0 Å². The van der Waals surface area contributed by atoms with Crippen LogP contribution in [0.15, 0.2) is 17.1 Å². The predicted octanol–water partition coefficient (Wildman–Crippen LogP) is 0.0726. The normalized spacial score (nSPS) is 11.3. The van der Waals surface area contributed by atoms with Crippen molar-refractivity contribution < 1.29 is 0 Å². The smallest absolute Gasteiger partial charge is 0.275 e. The van der Waals surface area contributed by atoms with Crippen molar-refractivity contribution in [2.75, 3.05) is 7.05 Å². The van der Waals surface area contributed by atoms with E-state index in [9.17, 15) is 4.79 Å². The van der Waals surface area contributed by atoms with Crippen molar-refractivity contribution in [3.8, 4) is 0 Å². The van der Waals surface area contributed by atoms with Crippen molar-refractivity contribution in [1.29, 1.82) is 0 Å². The van der Waals surface area contributed by atoms with Gasteiger partial charge in [-0.2, -0.15) is 9.61 Å². The minimum atomic E-state index is -0.165. The maximum absolute atomic E-state index is 12.0. The lowest BCUT2D eigenvalue weighted by atomic mass is 10.4. The second-order valence-corrected chi connectivity index (χ2v) is 5.61. The number of aromatic nitrogens is 6. The zero-order chi connectivity index (χ0) is 14.8. The summed E-state index contributed by atoms with van der Waals surface area (Å²) in [6, 6.07) is 1.49. The third-order valence-electron chi connectivity index (χ3n) is 2.91. The van der Waals surface area contributed by atoms with Crippen molar-refractivity contribution in [3.05, 3.63) is 39.0 Å². The number of nitrogens with one attached hydrogen (secondary N) is 1. The molecule has 0 bridgehead atoms. The lowest BCUT2D eigenvalue weighted by molar-refractivity contribution is 0.636. The van der Waals surface area contributed by atoms with E-state index in [1.165, 1.54) is 21.9 Å². The monoisotopic (exact) mass is 305 g/mol. The molecular formula is C12H15N7OS. The maximum Gasteiger partial charge on any atom is 0.275 e. The van der Waals surface area contributed by atoms with Gasteiger partial charge in [0.25, 0.3) is 5.56 Å². The van der Waals surface area contributed by atoms with Crippen LogP contribution in [0.1, 0.15) is 23.3 Å². The van der Waals surface area contributed by atoms with Crippen LogP contribution in [-0.2, 0) is 19.5 Å². The number of hydrogen-bond donors (Lipinski definition) is 1. The van der Waals surface area contributed by atoms with Gasteiger partial charge in [-0.15, -0.1) is 5.10 Å². The Kier molecular flexibility index (Phi) is 3.76. The molecule has 0 fully saturated rings. The Bertz CT molecular complexity index is 818. The van der Waals surface area contributed by atoms with Crippen molar-refractivity contribution in [3.63, 3.8) is 0 Å². The van der Waals surface area contributed by atoms with Gasteiger partial charge in [0.1, 0.15) is 5.01 Å². The summed E-state index contributed by atoms with van der Waals surface area (Å²) in [4.78, 5) is 17.1. The van der Waals surface area contributed by atoms with Crippen LogP contribution in [0.25, 0.3) is 4.96 Å². The molecule has 9 heteroatoms. The molecular weight excluding hydrogens is 290 g/mol. The quantitative estimate of drug-likeness (QED) is 0.717. The molecule has 21 heavy (non-hydrogen) atoms. The van der Waals surface area contributed by atoms with Gasteiger partial charge in [-0.3, -0.25) is 4.79 Å². The number of rotatable bonds is 5. The van der Waals surface area contributed by atoms with E-state index in [1.54, 1.807) is 4.68 Å². The van der Waals surface area contributed by atoms with Crippen LogP contribution in [0.5, 0.6) is 0 Å². The van der Waals surface area contributed by atoms with Gasteiger partial charge in [-0.25, -0.2) is 9.67 Å². The Hall–Kier alpha value is -2.13. The summed E-state index contributed by atoms with van der Waals surface area (Å²) in [5.41, 5.74) is 1.34. The average molecular weight is 305 g/mol. The summed E-state index contributed by atoms with van der Waals surface area (Å²) in [5.74, 6) is 0. The number of hydrogen-bond acceptors (Lipinski definition) is 7. The molecule has 0 atom stereocenters. The fourth-order valence-electron chi connectivity index (χ4n) is 1.96. The third-order valence-corrected chi connectivity index (χ3v) is 3.96. The highest BCUT2D eigenvalue weighted by atomic mass is 32.1. The molecule has 0 radical (unpaired) electrons. The lowest BCUT2D eigenvalue weighted by Crippen LogP contribution is -2.17. The van der Waals surface area contributed by atoms with Crippen LogP contribution in [-0.4, -0.2) is 36.6 Å². The molecule has 0 aliphatic heterocycles. The minimum absolute atomic E-state index is 0.165. The summed E-state index contributed by atoms with van der Waals surface area (Å²) >= 11 is 1.43. The van der Waals surface area contributed by atoms with Gasteiger partial charge < -0.3 is 5.32 Å². The summed E-state index contributed by atoms with van der Waals surface area (Å²) in [6.45, 7) is 3.08. The molecule has 0 spiro atoms. The van der Waals surface area contributed by atoms with Gasteiger partial charge in [-0.1, -0.05) is 23.5 Å². The van der Waals surface area contributed by atoms with Gasteiger partial charge in [0.15, 0.2) is 0 Å². The number of nitrogens with zero attached hydrogens (tertiary/aromatic N) is 6. The third kappa shape index (κ3) is 2.83. The van der Waals surface area contributed by atoms with E-state index in [0.717, 1.165) is 17.1 Å². The molecule has 8 nitrogen and oxygen atoms in total. The van der Waals surface area contributed by atoms with E-state index in [4.69, 9.17) is 0 Å². The Morgan fingerprint density at radius 2 is 2.24 bits per heavy atom. The van der Waals surface area contributed by atoms with Crippen LogP contribution >= 0.6 is 11.3 Å². The SMILES string of the molecule is CCc1nn2c(=O)cc(Cn3cc(CNC)nn3)nc2s1. The van der Waals surface area contributed by atoms with E-state index < -0.39 is 0 Å². The number of fused-ring (bicyclic) bond motifs is 1. The molecule has 0 unspecified atom stereocenters. The molecule has 3 aromatic rings.